The van der Waals surface area contributed by atoms with E-state index in [1.54, 1.807) is 4.57 Å². The molecule has 1 aromatic rings. The third kappa shape index (κ3) is 3.57. The lowest BCUT2D eigenvalue weighted by atomic mass is 10.2. The fourth-order valence-electron chi connectivity index (χ4n) is 2.33. The summed E-state index contributed by atoms with van der Waals surface area (Å²) in [6.45, 7) is 2.86. The first-order chi connectivity index (χ1) is 9.06. The highest BCUT2D eigenvalue weighted by atomic mass is 16.4. The molecule has 1 aliphatic heterocycles. The first kappa shape index (κ1) is 13.6. The fraction of sp³-hybridized carbons (Fsp3) is 0.538. The van der Waals surface area contributed by atoms with Gasteiger partial charge >= 0.3 is 5.97 Å². The number of hydrogen-bond acceptors (Lipinski definition) is 4. The van der Waals surface area contributed by atoms with Gasteiger partial charge in [-0.3, -0.25) is 14.5 Å². The Hall–Kier alpha value is -1.82. The van der Waals surface area contributed by atoms with E-state index in [4.69, 9.17) is 5.11 Å². The summed E-state index contributed by atoms with van der Waals surface area (Å²) in [4.78, 5) is 24.4. The second kappa shape index (κ2) is 5.88. The highest BCUT2D eigenvalue weighted by molar-refractivity contribution is 5.66. The number of aromatic nitrogens is 1. The minimum absolute atomic E-state index is 0.0324. The minimum atomic E-state index is -0.898. The van der Waals surface area contributed by atoms with Gasteiger partial charge in [0, 0.05) is 24.8 Å². The Bertz CT molecular complexity index is 518. The molecule has 1 fully saturated rings. The van der Waals surface area contributed by atoms with Gasteiger partial charge in [-0.25, -0.2) is 0 Å². The van der Waals surface area contributed by atoms with Crippen molar-refractivity contribution in [1.82, 2.24) is 9.47 Å². The Labute approximate surface area is 110 Å². The maximum Gasteiger partial charge on any atom is 0.305 e. The molecule has 19 heavy (non-hydrogen) atoms. The van der Waals surface area contributed by atoms with Crippen LogP contribution in [0.1, 0.15) is 25.0 Å². The number of likely N-dealkylation sites (tertiary alicyclic amines) is 1. The van der Waals surface area contributed by atoms with Crippen molar-refractivity contribution in [3.8, 4) is 5.75 Å². The van der Waals surface area contributed by atoms with Crippen molar-refractivity contribution in [3.63, 3.8) is 0 Å². The number of carbonyl (C=O) groups is 1. The van der Waals surface area contributed by atoms with Crippen LogP contribution in [0.2, 0.25) is 0 Å². The van der Waals surface area contributed by atoms with Gasteiger partial charge in [0.25, 0.3) is 0 Å². The summed E-state index contributed by atoms with van der Waals surface area (Å²) in [5.41, 5.74) is 0.340. The first-order valence-corrected chi connectivity index (χ1v) is 6.43. The summed E-state index contributed by atoms with van der Waals surface area (Å²) in [7, 11) is 0. The molecular formula is C13H18N2O4. The Balaban J connectivity index is 2.19. The molecule has 0 saturated carbocycles. The summed E-state index contributed by atoms with van der Waals surface area (Å²) in [6.07, 6.45) is 3.60. The number of nitrogens with zero attached hydrogens (tertiary/aromatic N) is 2. The molecule has 6 heteroatoms. The van der Waals surface area contributed by atoms with Crippen LogP contribution in [-0.4, -0.2) is 38.7 Å². The SMILES string of the molecule is O=C(O)CCn1cc(O)c(=O)cc1CN1CCCC1. The highest BCUT2D eigenvalue weighted by Crippen LogP contribution is 2.14. The third-order valence-electron chi connectivity index (χ3n) is 3.35. The number of hydrogen-bond donors (Lipinski definition) is 2. The van der Waals surface area contributed by atoms with Gasteiger partial charge in [0.05, 0.1) is 12.6 Å². The van der Waals surface area contributed by atoms with E-state index in [0.29, 0.717) is 6.54 Å². The van der Waals surface area contributed by atoms with Gasteiger partial charge in [-0.2, -0.15) is 0 Å². The van der Waals surface area contributed by atoms with E-state index in [0.717, 1.165) is 31.6 Å². The van der Waals surface area contributed by atoms with Gasteiger partial charge < -0.3 is 14.8 Å². The lowest BCUT2D eigenvalue weighted by Gasteiger charge is -2.19. The number of carboxylic acids is 1. The number of rotatable bonds is 5. The fourth-order valence-corrected chi connectivity index (χ4v) is 2.33. The van der Waals surface area contributed by atoms with E-state index >= 15 is 0 Å². The molecule has 1 aromatic heterocycles. The maximum atomic E-state index is 11.5. The second-order valence-electron chi connectivity index (χ2n) is 4.83. The van der Waals surface area contributed by atoms with Crippen molar-refractivity contribution in [2.75, 3.05) is 13.1 Å². The highest BCUT2D eigenvalue weighted by Gasteiger charge is 2.15. The van der Waals surface area contributed by atoms with Crippen LogP contribution in [0.25, 0.3) is 0 Å². The van der Waals surface area contributed by atoms with Crippen molar-refractivity contribution < 1.29 is 15.0 Å². The quantitative estimate of drug-likeness (QED) is 0.816. The van der Waals surface area contributed by atoms with Gasteiger partial charge in [-0.05, 0) is 25.9 Å². The summed E-state index contributed by atoms with van der Waals surface area (Å²) >= 11 is 0. The van der Waals surface area contributed by atoms with Crippen LogP contribution in [0, 0.1) is 0 Å². The second-order valence-corrected chi connectivity index (χ2v) is 4.83. The number of carboxylic acid groups (broad SMARTS) is 1. The number of pyridine rings is 1. The van der Waals surface area contributed by atoms with Gasteiger partial charge in [0.2, 0.25) is 5.43 Å². The molecule has 0 radical (unpaired) electrons. The van der Waals surface area contributed by atoms with Crippen molar-refractivity contribution in [2.45, 2.75) is 32.4 Å². The predicted octanol–water partition coefficient (Wildman–Crippen LogP) is 0.624. The molecule has 104 valence electrons. The Kier molecular flexibility index (Phi) is 4.21. The molecule has 0 atom stereocenters. The van der Waals surface area contributed by atoms with Gasteiger partial charge in [-0.1, -0.05) is 0 Å². The predicted molar refractivity (Wildman–Crippen MR) is 69.1 cm³/mol. The van der Waals surface area contributed by atoms with Crippen molar-refractivity contribution in [3.05, 3.63) is 28.2 Å². The molecule has 0 unspecified atom stereocenters. The van der Waals surface area contributed by atoms with Gasteiger partial charge in [-0.15, -0.1) is 0 Å². The lowest BCUT2D eigenvalue weighted by molar-refractivity contribution is -0.137. The lowest BCUT2D eigenvalue weighted by Crippen LogP contribution is -2.23. The van der Waals surface area contributed by atoms with E-state index in [1.807, 2.05) is 0 Å². The van der Waals surface area contributed by atoms with E-state index in [2.05, 4.69) is 4.90 Å². The standard InChI is InChI=1S/C13H18N2O4/c16-11-7-10(8-14-4-1-2-5-14)15(9-12(11)17)6-3-13(18)19/h7,9,17H,1-6,8H2,(H,18,19). The third-order valence-corrected chi connectivity index (χ3v) is 3.35. The Morgan fingerprint density at radius 1 is 1.32 bits per heavy atom. The van der Waals surface area contributed by atoms with Crippen LogP contribution in [-0.2, 0) is 17.9 Å². The first-order valence-electron chi connectivity index (χ1n) is 6.43. The monoisotopic (exact) mass is 266 g/mol. The smallest absolute Gasteiger partial charge is 0.305 e. The van der Waals surface area contributed by atoms with Crippen molar-refractivity contribution in [1.29, 1.82) is 0 Å². The molecule has 2 N–H and O–H groups in total. The average molecular weight is 266 g/mol. The number of aryl methyl sites for hydroxylation is 1. The van der Waals surface area contributed by atoms with Crippen LogP contribution >= 0.6 is 0 Å². The summed E-state index contributed by atoms with van der Waals surface area (Å²) in [6, 6.07) is 1.40. The zero-order valence-electron chi connectivity index (χ0n) is 10.7. The summed E-state index contributed by atoms with van der Waals surface area (Å²) in [5.74, 6) is -1.24. The topological polar surface area (TPSA) is 82.8 Å². The molecule has 2 rings (SSSR count). The molecule has 0 spiro atoms. The molecule has 0 aliphatic carbocycles. The molecule has 0 amide bonds. The van der Waals surface area contributed by atoms with Crippen LogP contribution in [0.5, 0.6) is 5.75 Å². The van der Waals surface area contributed by atoms with E-state index in [-0.39, 0.29) is 18.7 Å². The zero-order valence-corrected chi connectivity index (χ0v) is 10.7. The molecule has 2 heterocycles. The van der Waals surface area contributed by atoms with Crippen LogP contribution in [0.15, 0.2) is 17.1 Å². The van der Waals surface area contributed by atoms with Crippen LogP contribution in [0.4, 0.5) is 0 Å². The summed E-state index contributed by atoms with van der Waals surface area (Å²) < 4.78 is 1.66. The van der Waals surface area contributed by atoms with Crippen LogP contribution in [0.3, 0.4) is 0 Å². The minimum Gasteiger partial charge on any atom is -0.503 e. The van der Waals surface area contributed by atoms with Gasteiger partial charge in [0.15, 0.2) is 5.75 Å². The van der Waals surface area contributed by atoms with Crippen LogP contribution < -0.4 is 5.43 Å². The normalized spacial score (nSPS) is 15.8. The van der Waals surface area contributed by atoms with E-state index in [1.165, 1.54) is 12.3 Å². The molecule has 1 saturated heterocycles. The number of aromatic hydroxyl groups is 1. The van der Waals surface area contributed by atoms with E-state index < -0.39 is 11.4 Å². The van der Waals surface area contributed by atoms with Gasteiger partial charge in [0.1, 0.15) is 0 Å². The van der Waals surface area contributed by atoms with E-state index in [9.17, 15) is 14.7 Å². The summed E-state index contributed by atoms with van der Waals surface area (Å²) in [5, 5.41) is 18.2. The largest absolute Gasteiger partial charge is 0.503 e. The Morgan fingerprint density at radius 2 is 2.00 bits per heavy atom. The molecule has 0 aromatic carbocycles. The van der Waals surface area contributed by atoms with Crippen molar-refractivity contribution in [2.24, 2.45) is 0 Å². The molecule has 1 aliphatic rings. The zero-order chi connectivity index (χ0) is 13.8. The molecule has 0 bridgehead atoms. The average Bonchev–Trinajstić information content (AvgIpc) is 2.84. The maximum absolute atomic E-state index is 11.5. The Morgan fingerprint density at radius 3 is 2.63 bits per heavy atom. The molecule has 6 nitrogen and oxygen atoms in total. The molecular weight excluding hydrogens is 248 g/mol. The number of aliphatic carboxylic acids is 1. The van der Waals surface area contributed by atoms with Crippen molar-refractivity contribution >= 4 is 5.97 Å².